The van der Waals surface area contributed by atoms with Crippen LogP contribution >= 0.6 is 12.4 Å². The van der Waals surface area contributed by atoms with Crippen LogP contribution < -0.4 is 10.1 Å². The molecule has 0 radical (unpaired) electrons. The molecule has 0 bridgehead atoms. The van der Waals surface area contributed by atoms with Crippen molar-refractivity contribution in [3.63, 3.8) is 0 Å². The summed E-state index contributed by atoms with van der Waals surface area (Å²) in [6, 6.07) is 15.1. The predicted octanol–water partition coefficient (Wildman–Crippen LogP) is 2.56. The normalized spacial score (nSPS) is 21.0. The van der Waals surface area contributed by atoms with E-state index in [9.17, 15) is 0 Å². The average Bonchev–Trinajstić information content (AvgIpc) is 3.17. The molecule has 1 N–H and O–H groups in total. The van der Waals surface area contributed by atoms with Crippen LogP contribution in [-0.4, -0.2) is 60.1 Å². The van der Waals surface area contributed by atoms with Gasteiger partial charge in [0.05, 0.1) is 5.69 Å². The maximum atomic E-state index is 5.82. The lowest BCUT2D eigenvalue weighted by Gasteiger charge is -2.32. The standard InChI is InChI=1S/C21H28N4O.ClH/c1-2-9-23-19(3-1)17-26-21-6-4-18(5-7-21)15-24-12-8-20(16-24)25-13-10-22-11-14-25;/h1-7,9,20,22H,8,10-17H2;1H. The Balaban J connectivity index is 0.00000210. The molecule has 1 aromatic carbocycles. The van der Waals surface area contributed by atoms with Crippen LogP contribution in [0.4, 0.5) is 0 Å². The van der Waals surface area contributed by atoms with Gasteiger partial charge in [-0.1, -0.05) is 18.2 Å². The topological polar surface area (TPSA) is 40.6 Å². The molecule has 0 spiro atoms. The largest absolute Gasteiger partial charge is 0.487 e. The molecule has 1 unspecified atom stereocenters. The number of pyridine rings is 1. The number of benzene rings is 1. The molecular weight excluding hydrogens is 360 g/mol. The second-order valence-corrected chi connectivity index (χ2v) is 7.22. The van der Waals surface area contributed by atoms with Gasteiger partial charge in [-0.05, 0) is 36.2 Å². The van der Waals surface area contributed by atoms with Crippen molar-refractivity contribution in [2.75, 3.05) is 39.3 Å². The molecule has 6 heteroatoms. The maximum absolute atomic E-state index is 5.82. The Labute approximate surface area is 168 Å². The third-order valence-corrected chi connectivity index (χ3v) is 5.36. The monoisotopic (exact) mass is 388 g/mol. The number of nitrogens with zero attached hydrogens (tertiary/aromatic N) is 3. The average molecular weight is 389 g/mol. The van der Waals surface area contributed by atoms with Gasteiger partial charge in [0, 0.05) is 58.1 Å². The predicted molar refractivity (Wildman–Crippen MR) is 110 cm³/mol. The zero-order valence-electron chi connectivity index (χ0n) is 15.7. The fourth-order valence-electron chi connectivity index (χ4n) is 3.89. The van der Waals surface area contributed by atoms with Crippen LogP contribution in [0.2, 0.25) is 0 Å². The highest BCUT2D eigenvalue weighted by Gasteiger charge is 2.28. The summed E-state index contributed by atoms with van der Waals surface area (Å²) < 4.78 is 5.82. The second-order valence-electron chi connectivity index (χ2n) is 7.22. The van der Waals surface area contributed by atoms with Crippen molar-refractivity contribution in [2.45, 2.75) is 25.6 Å². The molecule has 0 aliphatic carbocycles. The molecule has 0 saturated carbocycles. The summed E-state index contributed by atoms with van der Waals surface area (Å²) in [5.74, 6) is 0.902. The number of aromatic nitrogens is 1. The molecule has 2 aliphatic heterocycles. The van der Waals surface area contributed by atoms with E-state index in [2.05, 4.69) is 44.4 Å². The van der Waals surface area contributed by atoms with E-state index in [0.29, 0.717) is 6.61 Å². The van der Waals surface area contributed by atoms with Crippen LogP contribution in [0.5, 0.6) is 5.75 Å². The molecule has 0 amide bonds. The zero-order chi connectivity index (χ0) is 17.6. The van der Waals surface area contributed by atoms with E-state index in [0.717, 1.165) is 37.1 Å². The number of hydrogen-bond donors (Lipinski definition) is 1. The number of piperazine rings is 1. The summed E-state index contributed by atoms with van der Waals surface area (Å²) in [6.45, 7) is 8.60. The van der Waals surface area contributed by atoms with Gasteiger partial charge in [0.15, 0.2) is 0 Å². The van der Waals surface area contributed by atoms with E-state index < -0.39 is 0 Å². The molecule has 2 fully saturated rings. The minimum absolute atomic E-state index is 0. The van der Waals surface area contributed by atoms with Crippen molar-refractivity contribution in [2.24, 2.45) is 0 Å². The van der Waals surface area contributed by atoms with E-state index in [1.807, 2.05) is 18.2 Å². The maximum Gasteiger partial charge on any atom is 0.130 e. The lowest BCUT2D eigenvalue weighted by Crippen LogP contribution is -2.49. The minimum atomic E-state index is 0. The molecule has 1 aromatic heterocycles. The second kappa shape index (κ2) is 10.0. The minimum Gasteiger partial charge on any atom is -0.487 e. The summed E-state index contributed by atoms with van der Waals surface area (Å²) in [7, 11) is 0. The van der Waals surface area contributed by atoms with Crippen molar-refractivity contribution < 1.29 is 4.74 Å². The Morgan fingerprint density at radius 2 is 1.85 bits per heavy atom. The highest BCUT2D eigenvalue weighted by atomic mass is 35.5. The van der Waals surface area contributed by atoms with Crippen molar-refractivity contribution in [1.29, 1.82) is 0 Å². The molecule has 1 atom stereocenters. The summed E-state index contributed by atoms with van der Waals surface area (Å²) >= 11 is 0. The summed E-state index contributed by atoms with van der Waals surface area (Å²) in [5.41, 5.74) is 2.31. The first-order chi connectivity index (χ1) is 12.9. The number of nitrogens with one attached hydrogen (secondary N) is 1. The summed E-state index contributed by atoms with van der Waals surface area (Å²) in [4.78, 5) is 9.52. The van der Waals surface area contributed by atoms with Gasteiger partial charge in [-0.25, -0.2) is 0 Å². The first kappa shape index (κ1) is 20.1. The third kappa shape index (κ3) is 5.66. The molecule has 3 heterocycles. The quantitative estimate of drug-likeness (QED) is 0.823. The van der Waals surface area contributed by atoms with Crippen LogP contribution in [0, 0.1) is 0 Å². The smallest absolute Gasteiger partial charge is 0.130 e. The lowest BCUT2D eigenvalue weighted by atomic mass is 10.2. The molecule has 5 nitrogen and oxygen atoms in total. The van der Waals surface area contributed by atoms with Crippen molar-refractivity contribution in [3.05, 3.63) is 59.9 Å². The Hall–Kier alpha value is -1.66. The molecule has 2 aromatic rings. The number of likely N-dealkylation sites (tertiary alicyclic amines) is 1. The third-order valence-electron chi connectivity index (χ3n) is 5.36. The highest BCUT2D eigenvalue weighted by molar-refractivity contribution is 5.85. The van der Waals surface area contributed by atoms with E-state index in [4.69, 9.17) is 4.74 Å². The van der Waals surface area contributed by atoms with E-state index in [-0.39, 0.29) is 12.4 Å². The molecule has 4 rings (SSSR count). The van der Waals surface area contributed by atoms with Crippen LogP contribution in [0.15, 0.2) is 48.7 Å². The fraction of sp³-hybridized carbons (Fsp3) is 0.476. The number of hydrogen-bond acceptors (Lipinski definition) is 5. The van der Waals surface area contributed by atoms with E-state index in [1.54, 1.807) is 6.20 Å². The first-order valence-corrected chi connectivity index (χ1v) is 9.65. The van der Waals surface area contributed by atoms with E-state index >= 15 is 0 Å². The van der Waals surface area contributed by atoms with Crippen LogP contribution in [-0.2, 0) is 13.2 Å². The Morgan fingerprint density at radius 3 is 2.59 bits per heavy atom. The number of rotatable bonds is 6. The highest BCUT2D eigenvalue weighted by Crippen LogP contribution is 2.20. The Morgan fingerprint density at radius 1 is 1.04 bits per heavy atom. The number of halogens is 1. The summed E-state index contributed by atoms with van der Waals surface area (Å²) in [6.07, 6.45) is 3.09. The molecule has 2 aliphatic rings. The van der Waals surface area contributed by atoms with Gasteiger partial charge in [0.2, 0.25) is 0 Å². The zero-order valence-corrected chi connectivity index (χ0v) is 16.5. The fourth-order valence-corrected chi connectivity index (χ4v) is 3.89. The van der Waals surface area contributed by atoms with Crippen molar-refractivity contribution >= 4 is 12.4 Å². The Bertz CT molecular complexity index is 676. The van der Waals surface area contributed by atoms with Gasteiger partial charge >= 0.3 is 0 Å². The van der Waals surface area contributed by atoms with Crippen LogP contribution in [0.1, 0.15) is 17.7 Å². The van der Waals surface area contributed by atoms with Gasteiger partial charge in [-0.2, -0.15) is 0 Å². The van der Waals surface area contributed by atoms with Gasteiger partial charge in [-0.3, -0.25) is 14.8 Å². The van der Waals surface area contributed by atoms with Crippen molar-refractivity contribution in [3.8, 4) is 5.75 Å². The van der Waals surface area contributed by atoms with Gasteiger partial charge < -0.3 is 10.1 Å². The van der Waals surface area contributed by atoms with Crippen LogP contribution in [0.3, 0.4) is 0 Å². The Kier molecular flexibility index (Phi) is 7.47. The van der Waals surface area contributed by atoms with Crippen LogP contribution in [0.25, 0.3) is 0 Å². The first-order valence-electron chi connectivity index (χ1n) is 9.65. The molecule has 27 heavy (non-hydrogen) atoms. The molecule has 2 saturated heterocycles. The molecule has 146 valence electrons. The SMILES string of the molecule is Cl.c1ccc(COc2ccc(CN3CCC(N4CCNCC4)C3)cc2)nc1. The number of ether oxygens (including phenoxy) is 1. The van der Waals surface area contributed by atoms with Crippen molar-refractivity contribution in [1.82, 2.24) is 20.1 Å². The molecular formula is C21H29ClN4O. The van der Waals surface area contributed by atoms with Gasteiger partial charge in [-0.15, -0.1) is 12.4 Å². The van der Waals surface area contributed by atoms with E-state index in [1.165, 1.54) is 38.2 Å². The lowest BCUT2D eigenvalue weighted by molar-refractivity contribution is 0.170. The van der Waals surface area contributed by atoms with Gasteiger partial charge in [0.1, 0.15) is 12.4 Å². The van der Waals surface area contributed by atoms with Gasteiger partial charge in [0.25, 0.3) is 0 Å². The summed E-state index contributed by atoms with van der Waals surface area (Å²) in [5, 5.41) is 3.44.